The van der Waals surface area contributed by atoms with Gasteiger partial charge in [-0.25, -0.2) is 0 Å². The topological polar surface area (TPSA) is 97.5 Å². The van der Waals surface area contributed by atoms with Crippen LogP contribution in [0.5, 0.6) is 0 Å². The molecule has 1 aromatic rings. The predicted molar refractivity (Wildman–Crippen MR) is 65.8 cm³/mol. The Hall–Kier alpha value is -2.22. The smallest absolute Gasteiger partial charge is 0.450 e. The molecule has 114 valence electrons. The van der Waals surface area contributed by atoms with Crippen molar-refractivity contribution in [3.63, 3.8) is 0 Å². The third-order valence-corrected chi connectivity index (χ3v) is 2.69. The molecule has 1 aromatic carbocycles. The lowest BCUT2D eigenvalue weighted by molar-refractivity contribution is -0.170. The molecule has 0 amide bonds. The summed E-state index contributed by atoms with van der Waals surface area (Å²) in [4.78, 5) is 32.8. The maximum Gasteiger partial charge on any atom is 0.450 e. The van der Waals surface area contributed by atoms with E-state index in [1.807, 2.05) is 0 Å². The third-order valence-electron chi connectivity index (χ3n) is 2.69. The van der Waals surface area contributed by atoms with Gasteiger partial charge in [-0.15, -0.1) is 0 Å². The van der Waals surface area contributed by atoms with Crippen LogP contribution in [0, 0.1) is 0 Å². The van der Waals surface area contributed by atoms with Crippen molar-refractivity contribution in [3.8, 4) is 0 Å². The first-order valence-corrected chi connectivity index (χ1v) is 5.82. The molecule has 8 heteroatoms. The maximum atomic E-state index is 12.0. The fraction of sp³-hybridized carbons (Fsp3) is 0.308. The molecule has 1 atom stereocenters. The van der Waals surface area contributed by atoms with Crippen molar-refractivity contribution in [1.82, 2.24) is 0 Å². The number of ketones is 2. The first kappa shape index (κ1) is 16.8. The summed E-state index contributed by atoms with van der Waals surface area (Å²) in [5.74, 6) is -4.25. The SMILES string of the molecule is NC(Cc1ccc(C(=O)CC(=O)C(F)(F)F)cc1)C(=O)O. The molecule has 5 nitrogen and oxygen atoms in total. The minimum absolute atomic E-state index is 0.0191. The van der Waals surface area contributed by atoms with Crippen LogP contribution in [-0.4, -0.2) is 34.9 Å². The molecule has 1 rings (SSSR count). The Balaban J connectivity index is 2.72. The molecule has 0 spiro atoms. The quantitative estimate of drug-likeness (QED) is 0.610. The Bertz CT molecular complexity index is 552. The van der Waals surface area contributed by atoms with Crippen molar-refractivity contribution in [2.24, 2.45) is 5.73 Å². The van der Waals surface area contributed by atoms with E-state index < -0.39 is 36.2 Å². The average molecular weight is 303 g/mol. The van der Waals surface area contributed by atoms with E-state index in [1.54, 1.807) is 0 Å². The van der Waals surface area contributed by atoms with E-state index in [0.29, 0.717) is 5.56 Å². The fourth-order valence-electron chi connectivity index (χ4n) is 1.52. The molecule has 3 N–H and O–H groups in total. The first-order valence-electron chi connectivity index (χ1n) is 5.82. The van der Waals surface area contributed by atoms with Crippen LogP contribution in [0.4, 0.5) is 13.2 Å². The van der Waals surface area contributed by atoms with Crippen molar-refractivity contribution in [2.75, 3.05) is 0 Å². The Kier molecular flexibility index (Phi) is 5.20. The standard InChI is InChI=1S/C13H12F3NO4/c14-13(15,16)11(19)6-10(18)8-3-1-7(2-4-8)5-9(17)12(20)21/h1-4,9H,5-6,17H2,(H,20,21). The lowest BCUT2D eigenvalue weighted by Crippen LogP contribution is -2.32. The molecule has 0 saturated heterocycles. The summed E-state index contributed by atoms with van der Waals surface area (Å²) in [6.45, 7) is 0. The first-order chi connectivity index (χ1) is 9.61. The molecule has 0 bridgehead atoms. The summed E-state index contributed by atoms with van der Waals surface area (Å²) < 4.78 is 36.1. The molecule has 0 fully saturated rings. The average Bonchev–Trinajstić information content (AvgIpc) is 2.38. The zero-order chi connectivity index (χ0) is 16.2. The van der Waals surface area contributed by atoms with Crippen LogP contribution < -0.4 is 5.73 Å². The summed E-state index contributed by atoms with van der Waals surface area (Å²) in [6.07, 6.45) is -6.27. The monoisotopic (exact) mass is 303 g/mol. The van der Waals surface area contributed by atoms with Crippen molar-refractivity contribution in [3.05, 3.63) is 35.4 Å². The normalized spacial score (nSPS) is 12.8. The number of hydrogen-bond acceptors (Lipinski definition) is 4. The Morgan fingerprint density at radius 1 is 1.14 bits per heavy atom. The van der Waals surface area contributed by atoms with Gasteiger partial charge in [-0.3, -0.25) is 14.4 Å². The highest BCUT2D eigenvalue weighted by molar-refractivity contribution is 6.09. The number of Topliss-reactive ketones (excluding diaryl/α,β-unsaturated/α-hetero) is 2. The van der Waals surface area contributed by atoms with Crippen LogP contribution in [-0.2, 0) is 16.0 Å². The number of aliphatic carboxylic acids is 1. The molecule has 0 aliphatic rings. The van der Waals surface area contributed by atoms with Gasteiger partial charge in [-0.2, -0.15) is 13.2 Å². The van der Waals surface area contributed by atoms with E-state index in [-0.39, 0.29) is 12.0 Å². The van der Waals surface area contributed by atoms with Gasteiger partial charge in [0.15, 0.2) is 5.78 Å². The van der Waals surface area contributed by atoms with Gasteiger partial charge in [0.1, 0.15) is 6.04 Å². The number of alkyl halides is 3. The van der Waals surface area contributed by atoms with E-state index >= 15 is 0 Å². The van der Waals surface area contributed by atoms with E-state index in [9.17, 15) is 27.6 Å². The Morgan fingerprint density at radius 2 is 1.67 bits per heavy atom. The van der Waals surface area contributed by atoms with Crippen molar-refractivity contribution in [2.45, 2.75) is 25.1 Å². The van der Waals surface area contributed by atoms with E-state index in [4.69, 9.17) is 10.8 Å². The minimum Gasteiger partial charge on any atom is -0.480 e. The lowest BCUT2D eigenvalue weighted by Gasteiger charge is -2.07. The summed E-state index contributed by atoms with van der Waals surface area (Å²) in [7, 11) is 0. The Morgan fingerprint density at radius 3 is 2.10 bits per heavy atom. The molecular weight excluding hydrogens is 291 g/mol. The van der Waals surface area contributed by atoms with Crippen LogP contribution in [0.2, 0.25) is 0 Å². The number of carboxylic acids is 1. The number of benzene rings is 1. The largest absolute Gasteiger partial charge is 0.480 e. The highest BCUT2D eigenvalue weighted by Gasteiger charge is 2.39. The van der Waals surface area contributed by atoms with E-state index in [1.165, 1.54) is 24.3 Å². The number of nitrogens with two attached hydrogens (primary N) is 1. The summed E-state index contributed by atoms with van der Waals surface area (Å²) >= 11 is 0. The van der Waals surface area contributed by atoms with Crippen LogP contribution in [0.15, 0.2) is 24.3 Å². The van der Waals surface area contributed by atoms with Crippen LogP contribution in [0.25, 0.3) is 0 Å². The molecule has 21 heavy (non-hydrogen) atoms. The third kappa shape index (κ3) is 4.99. The molecule has 0 heterocycles. The van der Waals surface area contributed by atoms with Crippen LogP contribution >= 0.6 is 0 Å². The minimum atomic E-state index is -5.04. The molecule has 0 saturated carbocycles. The van der Waals surface area contributed by atoms with Crippen molar-refractivity contribution < 1.29 is 32.7 Å². The number of halogens is 3. The van der Waals surface area contributed by atoms with Gasteiger partial charge in [-0.1, -0.05) is 24.3 Å². The highest BCUT2D eigenvalue weighted by atomic mass is 19.4. The summed E-state index contributed by atoms with van der Waals surface area (Å²) in [6, 6.07) is 4.12. The Labute approximate surface area is 117 Å². The molecular formula is C13H12F3NO4. The van der Waals surface area contributed by atoms with Gasteiger partial charge in [0.2, 0.25) is 5.78 Å². The van der Waals surface area contributed by atoms with Gasteiger partial charge in [0.25, 0.3) is 0 Å². The summed E-state index contributed by atoms with van der Waals surface area (Å²) in [5, 5.41) is 8.64. The van der Waals surface area contributed by atoms with Crippen LogP contribution in [0.1, 0.15) is 22.3 Å². The molecule has 0 aliphatic carbocycles. The summed E-state index contributed by atoms with van der Waals surface area (Å²) in [5.41, 5.74) is 5.79. The van der Waals surface area contributed by atoms with E-state index in [0.717, 1.165) is 0 Å². The zero-order valence-electron chi connectivity index (χ0n) is 10.7. The van der Waals surface area contributed by atoms with Gasteiger partial charge >= 0.3 is 12.1 Å². The second-order valence-electron chi connectivity index (χ2n) is 4.37. The van der Waals surface area contributed by atoms with Gasteiger partial charge in [0, 0.05) is 5.56 Å². The fourth-order valence-corrected chi connectivity index (χ4v) is 1.52. The van der Waals surface area contributed by atoms with Crippen LogP contribution in [0.3, 0.4) is 0 Å². The predicted octanol–water partition coefficient (Wildman–Crippen LogP) is 1.35. The number of carboxylic acid groups (broad SMARTS) is 1. The number of hydrogen-bond donors (Lipinski definition) is 2. The lowest BCUT2D eigenvalue weighted by atomic mass is 10.0. The molecule has 1 unspecified atom stereocenters. The second-order valence-corrected chi connectivity index (χ2v) is 4.37. The van der Waals surface area contributed by atoms with Gasteiger partial charge in [0.05, 0.1) is 6.42 Å². The second kappa shape index (κ2) is 6.49. The van der Waals surface area contributed by atoms with Gasteiger partial charge < -0.3 is 10.8 Å². The number of rotatable bonds is 6. The number of carbonyl (C=O) groups excluding carboxylic acids is 2. The van der Waals surface area contributed by atoms with Crippen molar-refractivity contribution >= 4 is 17.5 Å². The number of carbonyl (C=O) groups is 3. The van der Waals surface area contributed by atoms with E-state index in [2.05, 4.69) is 0 Å². The molecule has 0 aliphatic heterocycles. The van der Waals surface area contributed by atoms with Gasteiger partial charge in [-0.05, 0) is 12.0 Å². The highest BCUT2D eigenvalue weighted by Crippen LogP contribution is 2.19. The maximum absolute atomic E-state index is 12.0. The molecule has 0 radical (unpaired) electrons. The van der Waals surface area contributed by atoms with Crippen molar-refractivity contribution in [1.29, 1.82) is 0 Å². The molecule has 0 aromatic heterocycles. The zero-order valence-corrected chi connectivity index (χ0v) is 10.7.